The second-order valence-corrected chi connectivity index (χ2v) is 9.89. The number of aromatic nitrogens is 2. The van der Waals surface area contributed by atoms with Crippen molar-refractivity contribution in [2.45, 2.75) is 52.6 Å². The van der Waals surface area contributed by atoms with Crippen molar-refractivity contribution in [3.63, 3.8) is 0 Å². The van der Waals surface area contributed by atoms with Gasteiger partial charge in [-0.1, -0.05) is 39.0 Å². The van der Waals surface area contributed by atoms with Crippen LogP contribution in [-0.4, -0.2) is 71.2 Å². The Hall–Kier alpha value is -3.45. The Kier molecular flexibility index (Phi) is 8.82. The van der Waals surface area contributed by atoms with Gasteiger partial charge in [0.25, 0.3) is 5.91 Å². The maximum atomic E-state index is 13.3. The van der Waals surface area contributed by atoms with Crippen LogP contribution in [-0.2, 0) is 16.1 Å². The molecular formula is C25H35N7O3. The lowest BCUT2D eigenvalue weighted by molar-refractivity contribution is -0.125. The first-order valence-corrected chi connectivity index (χ1v) is 12.1. The summed E-state index contributed by atoms with van der Waals surface area (Å²) in [5, 5.41) is 22.6. The molecule has 0 spiro atoms. The molecule has 0 bridgehead atoms. The number of nitrogens with zero attached hydrogens (tertiary/aromatic N) is 4. The normalized spacial score (nSPS) is 15.3. The number of amides is 3. The van der Waals surface area contributed by atoms with Crippen LogP contribution in [0.1, 0.15) is 50.5 Å². The number of rotatable bonds is 10. The third-order valence-electron chi connectivity index (χ3n) is 6.03. The van der Waals surface area contributed by atoms with Crippen LogP contribution in [0.15, 0.2) is 24.3 Å². The van der Waals surface area contributed by atoms with E-state index in [1.54, 1.807) is 4.68 Å². The number of fused-ring (bicyclic) bond motifs is 1. The molecule has 1 aromatic heterocycles. The lowest BCUT2D eigenvalue weighted by Gasteiger charge is -2.31. The lowest BCUT2D eigenvalue weighted by atomic mass is 9.86. The van der Waals surface area contributed by atoms with Gasteiger partial charge in [-0.25, -0.2) is 0 Å². The van der Waals surface area contributed by atoms with E-state index >= 15 is 0 Å². The Balaban J connectivity index is 1.68. The van der Waals surface area contributed by atoms with E-state index in [9.17, 15) is 14.4 Å². The monoisotopic (exact) mass is 481 g/mol. The van der Waals surface area contributed by atoms with Gasteiger partial charge in [-0.05, 0) is 24.3 Å². The van der Waals surface area contributed by atoms with Crippen LogP contribution in [0.25, 0.3) is 10.9 Å². The highest BCUT2D eigenvalue weighted by Gasteiger charge is 2.34. The largest absolute Gasteiger partial charge is 0.354 e. The summed E-state index contributed by atoms with van der Waals surface area (Å²) in [7, 11) is 0. The second kappa shape index (κ2) is 11.8. The van der Waals surface area contributed by atoms with Crippen molar-refractivity contribution in [2.75, 3.05) is 32.7 Å². The molecule has 0 saturated carbocycles. The molecule has 10 heteroatoms. The van der Waals surface area contributed by atoms with Crippen molar-refractivity contribution in [1.29, 1.82) is 5.26 Å². The van der Waals surface area contributed by atoms with Crippen molar-refractivity contribution in [2.24, 2.45) is 5.41 Å². The molecule has 188 valence electrons. The van der Waals surface area contributed by atoms with Crippen LogP contribution in [0.4, 0.5) is 0 Å². The lowest BCUT2D eigenvalue weighted by Crippen LogP contribution is -2.55. The van der Waals surface area contributed by atoms with Crippen molar-refractivity contribution in [3.05, 3.63) is 30.0 Å². The zero-order chi connectivity index (χ0) is 25.4. The fourth-order valence-electron chi connectivity index (χ4n) is 4.13. The maximum Gasteiger partial charge on any atom is 0.273 e. The highest BCUT2D eigenvalue weighted by molar-refractivity contribution is 6.06. The van der Waals surface area contributed by atoms with Crippen molar-refractivity contribution < 1.29 is 14.4 Å². The van der Waals surface area contributed by atoms with Gasteiger partial charge in [0.05, 0.1) is 18.1 Å². The van der Waals surface area contributed by atoms with Gasteiger partial charge >= 0.3 is 0 Å². The zero-order valence-electron chi connectivity index (χ0n) is 20.8. The predicted octanol–water partition coefficient (Wildman–Crippen LogP) is 1.42. The molecular weight excluding hydrogens is 446 g/mol. The van der Waals surface area contributed by atoms with Gasteiger partial charge in [0.2, 0.25) is 11.8 Å². The second-order valence-electron chi connectivity index (χ2n) is 9.89. The molecule has 0 aliphatic carbocycles. The summed E-state index contributed by atoms with van der Waals surface area (Å²) in [6, 6.07) is 8.90. The Morgan fingerprint density at radius 3 is 2.71 bits per heavy atom. The topological polar surface area (TPSA) is 132 Å². The van der Waals surface area contributed by atoms with Crippen molar-refractivity contribution in [3.8, 4) is 6.07 Å². The summed E-state index contributed by atoms with van der Waals surface area (Å²) in [6.45, 7) is 8.92. The van der Waals surface area contributed by atoms with E-state index in [0.29, 0.717) is 39.1 Å². The molecule has 3 N–H and O–H groups in total. The molecule has 1 aliphatic rings. The number of para-hydroxylation sites is 1. The van der Waals surface area contributed by atoms with Crippen molar-refractivity contribution in [1.82, 2.24) is 30.6 Å². The van der Waals surface area contributed by atoms with Gasteiger partial charge in [0.1, 0.15) is 6.04 Å². The van der Waals surface area contributed by atoms with E-state index in [1.165, 1.54) is 0 Å². The standard InChI is InChI=1S/C25H35N7O3/c1-25(2,3)22(24(35)28-13-16-31-15-12-27-20(33)17-31)29-23(34)21-18-9-5-6-10-19(18)32(30-21)14-8-4-7-11-26/h5-6,9-10,22H,4,7-8,12-17H2,1-3H3,(H,27,33)(H,28,35)(H,29,34). The molecule has 3 rings (SSSR count). The van der Waals surface area contributed by atoms with Crippen LogP contribution in [0.3, 0.4) is 0 Å². The summed E-state index contributed by atoms with van der Waals surface area (Å²) >= 11 is 0. The summed E-state index contributed by atoms with van der Waals surface area (Å²) in [5.74, 6) is -0.688. The highest BCUT2D eigenvalue weighted by atomic mass is 16.2. The summed E-state index contributed by atoms with van der Waals surface area (Å²) in [6.07, 6.45) is 2.03. The van der Waals surface area contributed by atoms with Crippen LogP contribution in [0.2, 0.25) is 0 Å². The van der Waals surface area contributed by atoms with Gasteiger partial charge < -0.3 is 16.0 Å². The van der Waals surface area contributed by atoms with Crippen molar-refractivity contribution >= 4 is 28.6 Å². The number of hydrogen-bond acceptors (Lipinski definition) is 6. The van der Waals surface area contributed by atoms with Gasteiger partial charge in [0, 0.05) is 44.5 Å². The molecule has 35 heavy (non-hydrogen) atoms. The Morgan fingerprint density at radius 2 is 2.00 bits per heavy atom. The number of carbonyl (C=O) groups excluding carboxylic acids is 3. The average Bonchev–Trinajstić information content (AvgIpc) is 3.18. The minimum atomic E-state index is -0.765. The minimum Gasteiger partial charge on any atom is -0.354 e. The number of hydrogen-bond donors (Lipinski definition) is 3. The number of unbranched alkanes of at least 4 members (excludes halogenated alkanes) is 2. The first-order chi connectivity index (χ1) is 16.7. The number of benzene rings is 1. The molecule has 1 aliphatic heterocycles. The first-order valence-electron chi connectivity index (χ1n) is 12.1. The van der Waals surface area contributed by atoms with Gasteiger partial charge in [-0.3, -0.25) is 24.0 Å². The molecule has 1 saturated heterocycles. The Bertz CT molecular complexity index is 1100. The summed E-state index contributed by atoms with van der Waals surface area (Å²) in [4.78, 5) is 39.9. The fourth-order valence-corrected chi connectivity index (χ4v) is 4.13. The van der Waals surface area contributed by atoms with Crippen LogP contribution < -0.4 is 16.0 Å². The fraction of sp³-hybridized carbons (Fsp3) is 0.560. The third-order valence-corrected chi connectivity index (χ3v) is 6.03. The molecule has 0 radical (unpaired) electrons. The summed E-state index contributed by atoms with van der Waals surface area (Å²) in [5.41, 5.74) is 0.597. The third kappa shape index (κ3) is 7.02. The van der Waals surface area contributed by atoms with E-state index in [-0.39, 0.29) is 17.5 Å². The molecule has 1 atom stereocenters. The predicted molar refractivity (Wildman–Crippen MR) is 132 cm³/mol. The Morgan fingerprint density at radius 1 is 1.23 bits per heavy atom. The van der Waals surface area contributed by atoms with Crippen LogP contribution in [0, 0.1) is 16.7 Å². The SMILES string of the molecule is CC(C)(C)C(NC(=O)c1nn(CCCCC#N)c2ccccc12)C(=O)NCCN1CCNC(=O)C1. The zero-order valence-corrected chi connectivity index (χ0v) is 20.8. The maximum absolute atomic E-state index is 13.3. The quantitative estimate of drug-likeness (QED) is 0.440. The number of nitriles is 1. The number of nitrogens with one attached hydrogen (secondary N) is 3. The summed E-state index contributed by atoms with van der Waals surface area (Å²) < 4.78 is 1.79. The molecule has 1 unspecified atom stereocenters. The van der Waals surface area contributed by atoms with Gasteiger partial charge in [0.15, 0.2) is 5.69 Å². The van der Waals surface area contributed by atoms with Gasteiger partial charge in [-0.15, -0.1) is 0 Å². The van der Waals surface area contributed by atoms with E-state index in [0.717, 1.165) is 30.3 Å². The van der Waals surface area contributed by atoms with E-state index in [4.69, 9.17) is 5.26 Å². The Labute approximate surface area is 206 Å². The molecule has 1 aromatic carbocycles. The van der Waals surface area contributed by atoms with Crippen LogP contribution in [0.5, 0.6) is 0 Å². The van der Waals surface area contributed by atoms with E-state index in [2.05, 4.69) is 27.1 Å². The van der Waals surface area contributed by atoms with Gasteiger partial charge in [-0.2, -0.15) is 10.4 Å². The number of aryl methyl sites for hydroxylation is 1. The first kappa shape index (κ1) is 26.2. The number of carbonyl (C=O) groups is 3. The molecule has 1 fully saturated rings. The van der Waals surface area contributed by atoms with Crippen LogP contribution >= 0.6 is 0 Å². The molecule has 2 aromatic rings. The minimum absolute atomic E-state index is 0.0147. The molecule has 2 heterocycles. The number of piperazine rings is 1. The van der Waals surface area contributed by atoms with E-state index < -0.39 is 17.4 Å². The smallest absolute Gasteiger partial charge is 0.273 e. The highest BCUT2D eigenvalue weighted by Crippen LogP contribution is 2.23. The van der Waals surface area contributed by atoms with E-state index in [1.807, 2.05) is 49.9 Å². The molecule has 10 nitrogen and oxygen atoms in total. The average molecular weight is 482 g/mol. The molecule has 3 amide bonds.